The van der Waals surface area contributed by atoms with Gasteiger partial charge in [0.25, 0.3) is 0 Å². The second kappa shape index (κ2) is 5.52. The van der Waals surface area contributed by atoms with Gasteiger partial charge in [0.1, 0.15) is 0 Å². The van der Waals surface area contributed by atoms with Crippen LogP contribution in [0.4, 0.5) is 13.2 Å². The highest BCUT2D eigenvalue weighted by molar-refractivity contribution is 5.45. The minimum absolute atomic E-state index is 0.0829. The maximum atomic E-state index is 13.2. The molecule has 2 aromatic rings. The lowest BCUT2D eigenvalue weighted by Crippen LogP contribution is -2.35. The molecule has 0 aliphatic heterocycles. The molecule has 1 aromatic heterocycles. The van der Waals surface area contributed by atoms with Gasteiger partial charge in [-0.25, -0.2) is 4.98 Å². The van der Waals surface area contributed by atoms with Crippen molar-refractivity contribution >= 4 is 0 Å². The monoisotopic (exact) mass is 297 g/mol. The highest BCUT2D eigenvalue weighted by atomic mass is 19.4. The molecule has 0 fully saturated rings. The zero-order valence-electron chi connectivity index (χ0n) is 12.2. The van der Waals surface area contributed by atoms with Gasteiger partial charge < -0.3 is 9.88 Å². The van der Waals surface area contributed by atoms with Gasteiger partial charge in [0.15, 0.2) is 0 Å². The first-order valence-corrected chi connectivity index (χ1v) is 6.60. The molecule has 3 nitrogen and oxygen atoms in total. The van der Waals surface area contributed by atoms with Gasteiger partial charge in [-0.05, 0) is 38.5 Å². The Hall–Kier alpha value is -1.82. The van der Waals surface area contributed by atoms with Gasteiger partial charge in [0, 0.05) is 24.5 Å². The fraction of sp³-hybridized carbons (Fsp3) is 0.400. The zero-order valence-corrected chi connectivity index (χ0v) is 12.2. The number of nitrogens with one attached hydrogen (secondary N) is 1. The molecule has 0 atom stereocenters. The number of aromatic nitrogens is 2. The van der Waals surface area contributed by atoms with Crippen molar-refractivity contribution in [1.82, 2.24) is 14.9 Å². The summed E-state index contributed by atoms with van der Waals surface area (Å²) < 4.78 is 41.1. The number of rotatable bonds is 3. The largest absolute Gasteiger partial charge is 0.418 e. The van der Waals surface area contributed by atoms with Crippen molar-refractivity contribution in [2.45, 2.75) is 39.0 Å². The topological polar surface area (TPSA) is 29.9 Å². The Morgan fingerprint density at radius 1 is 1.19 bits per heavy atom. The molecule has 21 heavy (non-hydrogen) atoms. The predicted octanol–water partition coefficient (Wildman–Crippen LogP) is 3.78. The Morgan fingerprint density at radius 2 is 1.90 bits per heavy atom. The average Bonchev–Trinajstić information content (AvgIpc) is 2.88. The molecule has 0 bridgehead atoms. The Balaban J connectivity index is 2.37. The maximum Gasteiger partial charge on any atom is 0.418 e. The fourth-order valence-electron chi connectivity index (χ4n) is 1.91. The summed E-state index contributed by atoms with van der Waals surface area (Å²) in [6.07, 6.45) is -0.0954. The molecular weight excluding hydrogens is 279 g/mol. The summed E-state index contributed by atoms with van der Waals surface area (Å²) >= 11 is 0. The fourth-order valence-corrected chi connectivity index (χ4v) is 1.91. The van der Waals surface area contributed by atoms with Crippen LogP contribution in [0.5, 0.6) is 0 Å². The molecule has 0 saturated carbocycles. The van der Waals surface area contributed by atoms with Crippen molar-refractivity contribution < 1.29 is 13.2 Å². The smallest absolute Gasteiger partial charge is 0.308 e. The summed E-state index contributed by atoms with van der Waals surface area (Å²) in [5.74, 6) is 0. The van der Waals surface area contributed by atoms with Crippen LogP contribution in [0.1, 0.15) is 31.9 Å². The first-order valence-electron chi connectivity index (χ1n) is 6.60. The van der Waals surface area contributed by atoms with Crippen LogP contribution in [0.15, 0.2) is 36.9 Å². The highest BCUT2D eigenvalue weighted by Crippen LogP contribution is 2.34. The van der Waals surface area contributed by atoms with Crippen molar-refractivity contribution in [3.8, 4) is 5.69 Å². The number of benzene rings is 1. The molecule has 0 amide bonds. The van der Waals surface area contributed by atoms with Crippen LogP contribution >= 0.6 is 0 Å². The molecule has 1 heterocycles. The third-order valence-corrected chi connectivity index (χ3v) is 2.97. The van der Waals surface area contributed by atoms with E-state index >= 15 is 0 Å². The number of hydrogen-bond acceptors (Lipinski definition) is 2. The minimum atomic E-state index is -4.41. The quantitative estimate of drug-likeness (QED) is 0.934. The van der Waals surface area contributed by atoms with E-state index in [0.29, 0.717) is 12.1 Å². The first kappa shape index (κ1) is 15.6. The van der Waals surface area contributed by atoms with Crippen LogP contribution in [0.25, 0.3) is 5.69 Å². The maximum absolute atomic E-state index is 13.2. The van der Waals surface area contributed by atoms with E-state index in [0.717, 1.165) is 0 Å². The molecule has 0 saturated heterocycles. The first-order chi connectivity index (χ1) is 9.67. The highest BCUT2D eigenvalue weighted by Gasteiger charge is 2.34. The van der Waals surface area contributed by atoms with Crippen LogP contribution in [-0.2, 0) is 12.7 Å². The number of halogens is 3. The van der Waals surface area contributed by atoms with Gasteiger partial charge in [-0.1, -0.05) is 6.07 Å². The molecule has 0 spiro atoms. The van der Waals surface area contributed by atoms with E-state index in [1.165, 1.54) is 35.4 Å². The second-order valence-electron chi connectivity index (χ2n) is 5.92. The van der Waals surface area contributed by atoms with E-state index < -0.39 is 11.7 Å². The molecule has 0 radical (unpaired) electrons. The Kier molecular flexibility index (Phi) is 4.09. The lowest BCUT2D eigenvalue weighted by atomic mass is 10.1. The second-order valence-corrected chi connectivity index (χ2v) is 5.92. The van der Waals surface area contributed by atoms with Crippen molar-refractivity contribution in [3.05, 3.63) is 48.0 Å². The molecule has 1 aromatic carbocycles. The normalized spacial score (nSPS) is 12.7. The third-order valence-electron chi connectivity index (χ3n) is 2.97. The van der Waals surface area contributed by atoms with Crippen molar-refractivity contribution in [2.75, 3.05) is 0 Å². The lowest BCUT2D eigenvalue weighted by Gasteiger charge is -2.21. The van der Waals surface area contributed by atoms with E-state index in [1.807, 2.05) is 20.8 Å². The van der Waals surface area contributed by atoms with Gasteiger partial charge in [-0.3, -0.25) is 0 Å². The molecule has 2 rings (SSSR count). The molecule has 0 aliphatic rings. The summed E-state index contributed by atoms with van der Waals surface area (Å²) in [5, 5.41) is 3.18. The Labute approximate surface area is 121 Å². The van der Waals surface area contributed by atoms with Crippen LogP contribution < -0.4 is 5.32 Å². The van der Waals surface area contributed by atoms with Crippen LogP contribution in [-0.4, -0.2) is 15.1 Å². The summed E-state index contributed by atoms with van der Waals surface area (Å²) in [4.78, 5) is 3.80. The zero-order chi connectivity index (χ0) is 15.7. The van der Waals surface area contributed by atoms with Crippen molar-refractivity contribution in [3.63, 3.8) is 0 Å². The summed E-state index contributed by atoms with van der Waals surface area (Å²) in [6.45, 7) is 6.30. The molecule has 6 heteroatoms. The van der Waals surface area contributed by atoms with Gasteiger partial charge in [0.2, 0.25) is 0 Å². The standard InChI is InChI=1S/C15H18F3N3/c1-14(2,3)20-9-11-4-5-13(21-7-6-19-10-21)12(8-11)15(16,17)18/h4-8,10,20H,9H2,1-3H3. The van der Waals surface area contributed by atoms with E-state index in [-0.39, 0.29) is 11.2 Å². The molecule has 114 valence electrons. The van der Waals surface area contributed by atoms with Crippen LogP contribution in [0.2, 0.25) is 0 Å². The van der Waals surface area contributed by atoms with Crippen LogP contribution in [0, 0.1) is 0 Å². The van der Waals surface area contributed by atoms with Crippen LogP contribution in [0.3, 0.4) is 0 Å². The molecule has 1 N–H and O–H groups in total. The lowest BCUT2D eigenvalue weighted by molar-refractivity contribution is -0.137. The molecule has 0 aliphatic carbocycles. The van der Waals surface area contributed by atoms with E-state index in [4.69, 9.17) is 0 Å². The van der Waals surface area contributed by atoms with E-state index in [9.17, 15) is 13.2 Å². The van der Waals surface area contributed by atoms with E-state index in [1.54, 1.807) is 6.07 Å². The summed E-state index contributed by atoms with van der Waals surface area (Å²) in [5.41, 5.74) is -0.129. The Morgan fingerprint density at radius 3 is 2.43 bits per heavy atom. The third kappa shape index (κ3) is 4.07. The number of hydrogen-bond donors (Lipinski definition) is 1. The molecule has 0 unspecified atom stereocenters. The SMILES string of the molecule is CC(C)(C)NCc1ccc(-n2ccnc2)c(C(F)(F)F)c1. The summed E-state index contributed by atoms with van der Waals surface area (Å²) in [6, 6.07) is 4.36. The number of alkyl halides is 3. The van der Waals surface area contributed by atoms with Gasteiger partial charge >= 0.3 is 6.18 Å². The number of nitrogens with zero attached hydrogens (tertiary/aromatic N) is 2. The van der Waals surface area contributed by atoms with Gasteiger partial charge in [0.05, 0.1) is 17.6 Å². The predicted molar refractivity (Wildman–Crippen MR) is 75.2 cm³/mol. The van der Waals surface area contributed by atoms with Gasteiger partial charge in [-0.2, -0.15) is 13.2 Å². The average molecular weight is 297 g/mol. The molecular formula is C15H18F3N3. The Bertz CT molecular complexity index is 596. The van der Waals surface area contributed by atoms with Crippen molar-refractivity contribution in [1.29, 1.82) is 0 Å². The van der Waals surface area contributed by atoms with Gasteiger partial charge in [-0.15, -0.1) is 0 Å². The van der Waals surface area contributed by atoms with Crippen molar-refractivity contribution in [2.24, 2.45) is 0 Å². The number of imidazole rings is 1. The van der Waals surface area contributed by atoms with E-state index in [2.05, 4.69) is 10.3 Å². The summed E-state index contributed by atoms with van der Waals surface area (Å²) in [7, 11) is 0. The minimum Gasteiger partial charge on any atom is -0.308 e.